The number of fused-ring (bicyclic) bond motifs is 1. The average molecular weight is 384 g/mol. The molecule has 0 aliphatic carbocycles. The van der Waals surface area contributed by atoms with Crippen LogP contribution in [0, 0.1) is 4.91 Å². The Bertz CT molecular complexity index is 1030. The van der Waals surface area contributed by atoms with Crippen molar-refractivity contribution in [1.29, 1.82) is 0 Å². The van der Waals surface area contributed by atoms with Gasteiger partial charge in [0, 0.05) is 44.7 Å². The molecule has 27 heavy (non-hydrogen) atoms. The van der Waals surface area contributed by atoms with E-state index >= 15 is 0 Å². The molecule has 1 atom stereocenters. The van der Waals surface area contributed by atoms with Gasteiger partial charge in [0.05, 0.1) is 11.6 Å². The maximum atomic E-state index is 12.2. The summed E-state index contributed by atoms with van der Waals surface area (Å²) in [4.78, 5) is 28.0. The maximum absolute atomic E-state index is 12.2. The van der Waals surface area contributed by atoms with Crippen molar-refractivity contribution in [3.8, 4) is 11.4 Å². The molecule has 138 valence electrons. The second-order valence-electron chi connectivity index (χ2n) is 6.26. The zero-order valence-corrected chi connectivity index (χ0v) is 15.4. The van der Waals surface area contributed by atoms with Gasteiger partial charge < -0.3 is 10.5 Å². The number of anilines is 1. The topological polar surface area (TPSA) is 99.3 Å². The first-order valence-electron chi connectivity index (χ1n) is 8.38. The molecule has 1 amide bonds. The van der Waals surface area contributed by atoms with Crippen molar-refractivity contribution in [3.05, 3.63) is 47.4 Å². The van der Waals surface area contributed by atoms with Crippen LogP contribution in [0.1, 0.15) is 0 Å². The molecular formula is C18H18N5O3S+. The number of thioether (sulfide) groups is 1. The van der Waals surface area contributed by atoms with Gasteiger partial charge >= 0.3 is 0 Å². The molecule has 2 aromatic carbocycles. The Morgan fingerprint density at radius 2 is 2.11 bits per heavy atom. The number of hydrogen-bond donors (Lipinski definition) is 3. The minimum absolute atomic E-state index is 0.0589. The van der Waals surface area contributed by atoms with Crippen LogP contribution < -0.4 is 10.6 Å². The number of nitrogens with zero attached hydrogens (tertiary/aromatic N) is 3. The molecule has 0 spiro atoms. The summed E-state index contributed by atoms with van der Waals surface area (Å²) in [7, 11) is 1.40. The molecule has 3 aromatic rings. The number of hydrogen-bond acceptors (Lipinski definition) is 6. The first-order valence-corrected chi connectivity index (χ1v) is 9.53. The Labute approximate surface area is 159 Å². The summed E-state index contributed by atoms with van der Waals surface area (Å²) in [6.07, 6.45) is 0. The van der Waals surface area contributed by atoms with Crippen LogP contribution in [0.2, 0.25) is 0 Å². The Morgan fingerprint density at radius 3 is 2.78 bits per heavy atom. The second kappa shape index (κ2) is 7.01. The van der Waals surface area contributed by atoms with Gasteiger partial charge in [0.1, 0.15) is 5.52 Å². The number of imidazole rings is 1. The van der Waals surface area contributed by atoms with Crippen LogP contribution >= 0.6 is 11.8 Å². The highest BCUT2D eigenvalue weighted by atomic mass is 32.2. The zero-order valence-electron chi connectivity index (χ0n) is 14.5. The van der Waals surface area contributed by atoms with E-state index in [1.165, 1.54) is 7.05 Å². The highest BCUT2D eigenvalue weighted by Crippen LogP contribution is 2.27. The summed E-state index contributed by atoms with van der Waals surface area (Å²) in [5, 5.41) is 16.5. The van der Waals surface area contributed by atoms with Crippen LogP contribution in [0.4, 0.5) is 11.4 Å². The van der Waals surface area contributed by atoms with Crippen molar-refractivity contribution in [3.63, 3.8) is 0 Å². The quantitative estimate of drug-likeness (QED) is 0.472. The van der Waals surface area contributed by atoms with E-state index in [9.17, 15) is 14.9 Å². The van der Waals surface area contributed by atoms with E-state index in [1.54, 1.807) is 54.2 Å². The maximum Gasteiger partial charge on any atom is 0.257 e. The highest BCUT2D eigenvalue weighted by molar-refractivity contribution is 7.99. The van der Waals surface area contributed by atoms with Crippen molar-refractivity contribution in [2.45, 2.75) is 6.04 Å². The number of nitrogens with one attached hydrogen (secondary N) is 2. The van der Waals surface area contributed by atoms with E-state index in [0.717, 1.165) is 21.1 Å². The van der Waals surface area contributed by atoms with Gasteiger partial charge in [0.2, 0.25) is 5.91 Å². The van der Waals surface area contributed by atoms with Crippen LogP contribution in [0.5, 0.6) is 0 Å². The van der Waals surface area contributed by atoms with Gasteiger partial charge in [-0.2, -0.15) is 4.73 Å². The van der Waals surface area contributed by atoms with E-state index in [-0.39, 0.29) is 11.9 Å². The Kier molecular flexibility index (Phi) is 4.54. The van der Waals surface area contributed by atoms with E-state index in [0.29, 0.717) is 33.8 Å². The lowest BCUT2D eigenvalue weighted by atomic mass is 10.2. The van der Waals surface area contributed by atoms with Crippen molar-refractivity contribution in [1.82, 2.24) is 15.0 Å². The smallest absolute Gasteiger partial charge is 0.257 e. The number of rotatable bonds is 4. The summed E-state index contributed by atoms with van der Waals surface area (Å²) in [6.45, 7) is 0. The van der Waals surface area contributed by atoms with Gasteiger partial charge in [-0.3, -0.25) is 10.1 Å². The van der Waals surface area contributed by atoms with Crippen molar-refractivity contribution < 1.29 is 14.8 Å². The molecule has 0 saturated carbocycles. The van der Waals surface area contributed by atoms with E-state index in [4.69, 9.17) is 0 Å². The Hall–Kier alpha value is -2.91. The predicted octanol–water partition coefficient (Wildman–Crippen LogP) is 2.58. The van der Waals surface area contributed by atoms with E-state index < -0.39 is 0 Å². The highest BCUT2D eigenvalue weighted by Gasteiger charge is 2.22. The molecule has 9 heteroatoms. The van der Waals surface area contributed by atoms with Gasteiger partial charge in [-0.25, -0.2) is 4.98 Å². The normalized spacial score (nSPS) is 16.6. The van der Waals surface area contributed by atoms with E-state index in [1.807, 2.05) is 0 Å². The second-order valence-corrected chi connectivity index (χ2v) is 7.29. The molecule has 3 N–H and O–H groups in total. The number of carbonyl (C=O) groups excluding carboxylic acids is 1. The molecular weight excluding hydrogens is 366 g/mol. The minimum Gasteiger partial charge on any atom is -0.426 e. The molecule has 0 radical (unpaired) electrons. The summed E-state index contributed by atoms with van der Waals surface area (Å²) in [5.74, 6) is 1.85. The fourth-order valence-electron chi connectivity index (χ4n) is 2.93. The SMILES string of the molecule is C[N+](=O)c1ccc2nc(-c3ccc(NC(=O)C4CSCN4)cc3)n(O)c2c1. The summed E-state index contributed by atoms with van der Waals surface area (Å²) in [6, 6.07) is 11.8. The molecule has 1 aromatic heterocycles. The lowest BCUT2D eigenvalue weighted by Gasteiger charge is -2.10. The predicted molar refractivity (Wildman–Crippen MR) is 104 cm³/mol. The molecule has 1 saturated heterocycles. The summed E-state index contributed by atoms with van der Waals surface area (Å²) >= 11 is 1.69. The monoisotopic (exact) mass is 384 g/mol. The summed E-state index contributed by atoms with van der Waals surface area (Å²) < 4.78 is 1.69. The van der Waals surface area contributed by atoms with Crippen LogP contribution in [0.25, 0.3) is 22.4 Å². The van der Waals surface area contributed by atoms with Gasteiger partial charge in [-0.1, -0.05) is 0 Å². The third-order valence-electron chi connectivity index (χ3n) is 4.42. The van der Waals surface area contributed by atoms with Crippen LogP contribution in [-0.2, 0) is 4.79 Å². The minimum atomic E-state index is -0.176. The number of aromatic nitrogens is 2. The number of nitroso groups, excluding NO2 is 1. The number of benzene rings is 2. The van der Waals surface area contributed by atoms with Crippen LogP contribution in [0.3, 0.4) is 0 Å². The standard InChI is InChI=1S/C18H17N5O3S/c1-22(25)13-6-7-14-16(8-13)23(26)17(21-14)11-2-4-12(5-3-11)20-18(24)15-9-27-10-19-15/h2-8,15,19H,9-10H2,1H3,(H-,20,21,24,25,26)/p+1. The fraction of sp³-hybridized carbons (Fsp3) is 0.222. The van der Waals surface area contributed by atoms with Gasteiger partial charge in [0.25, 0.3) is 5.69 Å². The van der Waals surface area contributed by atoms with Gasteiger partial charge in [-0.15, -0.1) is 11.8 Å². The Balaban J connectivity index is 1.59. The third kappa shape index (κ3) is 3.38. The van der Waals surface area contributed by atoms with Crippen LogP contribution in [0.15, 0.2) is 42.5 Å². The summed E-state index contributed by atoms with van der Waals surface area (Å²) in [5.41, 5.74) is 2.84. The molecule has 1 aliphatic rings. The molecule has 2 heterocycles. The largest absolute Gasteiger partial charge is 0.426 e. The average Bonchev–Trinajstić information content (AvgIpc) is 3.31. The first kappa shape index (κ1) is 17.5. The number of carbonyl (C=O) groups is 1. The van der Waals surface area contributed by atoms with E-state index in [2.05, 4.69) is 15.6 Å². The molecule has 0 bridgehead atoms. The lowest BCUT2D eigenvalue weighted by molar-refractivity contribution is -0.428. The molecule has 4 rings (SSSR count). The third-order valence-corrected chi connectivity index (χ3v) is 5.36. The van der Waals surface area contributed by atoms with Crippen LogP contribution in [-0.4, -0.2) is 50.3 Å². The van der Waals surface area contributed by atoms with Crippen molar-refractivity contribution >= 4 is 40.1 Å². The molecule has 1 fully saturated rings. The zero-order chi connectivity index (χ0) is 19.0. The first-order chi connectivity index (χ1) is 13.0. The van der Waals surface area contributed by atoms with Gasteiger partial charge in [-0.05, 0) is 30.3 Å². The molecule has 1 aliphatic heterocycles. The Morgan fingerprint density at radius 1 is 1.33 bits per heavy atom. The fourth-order valence-corrected chi connectivity index (χ4v) is 3.87. The number of amides is 1. The lowest BCUT2D eigenvalue weighted by Crippen LogP contribution is -2.37. The van der Waals surface area contributed by atoms with Crippen molar-refractivity contribution in [2.24, 2.45) is 0 Å². The van der Waals surface area contributed by atoms with Gasteiger partial charge in [0.15, 0.2) is 12.9 Å². The molecule has 8 nitrogen and oxygen atoms in total. The molecule has 1 unspecified atom stereocenters. The van der Waals surface area contributed by atoms with Crippen molar-refractivity contribution in [2.75, 3.05) is 24.0 Å².